The third-order valence-electron chi connectivity index (χ3n) is 3.08. The third-order valence-corrected chi connectivity index (χ3v) is 4.21. The second kappa shape index (κ2) is 5.09. The van der Waals surface area contributed by atoms with Gasteiger partial charge in [-0.2, -0.15) is 0 Å². The predicted octanol–water partition coefficient (Wildman–Crippen LogP) is 3.69. The van der Waals surface area contributed by atoms with E-state index in [0.717, 1.165) is 26.9 Å². The lowest BCUT2D eigenvalue weighted by Gasteiger charge is -2.21. The van der Waals surface area contributed by atoms with Gasteiger partial charge in [0.15, 0.2) is 0 Å². The number of anilines is 2. The zero-order valence-electron chi connectivity index (χ0n) is 11.1. The molecule has 20 heavy (non-hydrogen) atoms. The number of benzene rings is 2. The van der Waals surface area contributed by atoms with Gasteiger partial charge >= 0.3 is 5.97 Å². The SMILES string of the molecule is COC(=O)c1ccc2c(c1)Nc1ccc(OC)cc1S2. The number of hydrogen-bond acceptors (Lipinski definition) is 5. The molecule has 2 aromatic rings. The fraction of sp³-hybridized carbons (Fsp3) is 0.133. The van der Waals surface area contributed by atoms with Crippen LogP contribution >= 0.6 is 11.8 Å². The Morgan fingerprint density at radius 1 is 1.05 bits per heavy atom. The zero-order valence-corrected chi connectivity index (χ0v) is 11.9. The fourth-order valence-electron chi connectivity index (χ4n) is 2.04. The Kier molecular flexibility index (Phi) is 3.28. The number of nitrogens with one attached hydrogen (secondary N) is 1. The highest BCUT2D eigenvalue weighted by molar-refractivity contribution is 7.99. The molecular weight excluding hydrogens is 274 g/mol. The van der Waals surface area contributed by atoms with Crippen LogP contribution in [0.15, 0.2) is 46.2 Å². The van der Waals surface area contributed by atoms with Crippen LogP contribution in [0.4, 0.5) is 11.4 Å². The molecule has 0 saturated carbocycles. The maximum atomic E-state index is 11.6. The van der Waals surface area contributed by atoms with Crippen molar-refractivity contribution in [2.24, 2.45) is 0 Å². The van der Waals surface area contributed by atoms with Gasteiger partial charge in [-0.25, -0.2) is 4.79 Å². The number of fused-ring (bicyclic) bond motifs is 2. The molecule has 1 N–H and O–H groups in total. The van der Waals surface area contributed by atoms with Crippen molar-refractivity contribution in [3.8, 4) is 5.75 Å². The molecule has 0 unspecified atom stereocenters. The standard InChI is InChI=1S/C15H13NO3S/c1-18-10-4-5-11-14(8-10)20-13-6-3-9(15(17)19-2)7-12(13)16-11/h3-8,16H,1-2H3. The maximum absolute atomic E-state index is 11.6. The maximum Gasteiger partial charge on any atom is 0.337 e. The molecular formula is C15H13NO3S. The molecule has 0 bridgehead atoms. The van der Waals surface area contributed by atoms with Gasteiger partial charge in [0.1, 0.15) is 5.75 Å². The topological polar surface area (TPSA) is 47.6 Å². The molecule has 3 rings (SSSR count). The van der Waals surface area contributed by atoms with Crippen molar-refractivity contribution in [3.05, 3.63) is 42.0 Å². The quantitative estimate of drug-likeness (QED) is 0.728. The van der Waals surface area contributed by atoms with E-state index in [9.17, 15) is 4.79 Å². The molecule has 1 aliphatic rings. The molecule has 0 atom stereocenters. The van der Waals surface area contributed by atoms with Crippen molar-refractivity contribution in [2.75, 3.05) is 19.5 Å². The molecule has 0 aliphatic carbocycles. The second-order valence-corrected chi connectivity index (χ2v) is 5.38. The van der Waals surface area contributed by atoms with E-state index in [0.29, 0.717) is 5.56 Å². The van der Waals surface area contributed by atoms with Crippen molar-refractivity contribution in [1.82, 2.24) is 0 Å². The van der Waals surface area contributed by atoms with Crippen molar-refractivity contribution >= 4 is 29.1 Å². The van der Waals surface area contributed by atoms with Crippen molar-refractivity contribution < 1.29 is 14.3 Å². The summed E-state index contributed by atoms with van der Waals surface area (Å²) < 4.78 is 9.97. The Bertz CT molecular complexity index is 685. The number of carbonyl (C=O) groups is 1. The van der Waals surface area contributed by atoms with Crippen LogP contribution < -0.4 is 10.1 Å². The van der Waals surface area contributed by atoms with Gasteiger partial charge in [-0.05, 0) is 36.4 Å². The summed E-state index contributed by atoms with van der Waals surface area (Å²) in [6, 6.07) is 11.4. The number of esters is 1. The van der Waals surface area contributed by atoms with Gasteiger partial charge in [0.05, 0.1) is 31.2 Å². The summed E-state index contributed by atoms with van der Waals surface area (Å²) in [6.07, 6.45) is 0. The monoisotopic (exact) mass is 287 g/mol. The molecule has 2 aromatic carbocycles. The first-order valence-electron chi connectivity index (χ1n) is 6.06. The van der Waals surface area contributed by atoms with Gasteiger partial charge in [0.25, 0.3) is 0 Å². The van der Waals surface area contributed by atoms with E-state index >= 15 is 0 Å². The van der Waals surface area contributed by atoms with Gasteiger partial charge in [0.2, 0.25) is 0 Å². The Balaban J connectivity index is 1.97. The smallest absolute Gasteiger partial charge is 0.337 e. The van der Waals surface area contributed by atoms with Crippen LogP contribution in [0.3, 0.4) is 0 Å². The molecule has 0 radical (unpaired) electrons. The number of rotatable bonds is 2. The average molecular weight is 287 g/mol. The van der Waals surface area contributed by atoms with E-state index in [1.54, 1.807) is 31.0 Å². The summed E-state index contributed by atoms with van der Waals surface area (Å²) in [5.41, 5.74) is 2.46. The molecule has 0 saturated heterocycles. The van der Waals surface area contributed by atoms with E-state index in [1.165, 1.54) is 7.11 Å². The molecule has 0 amide bonds. The molecule has 4 nitrogen and oxygen atoms in total. The van der Waals surface area contributed by atoms with E-state index in [-0.39, 0.29) is 5.97 Å². The summed E-state index contributed by atoms with van der Waals surface area (Å²) >= 11 is 1.65. The molecule has 5 heteroatoms. The second-order valence-electron chi connectivity index (χ2n) is 4.29. The van der Waals surface area contributed by atoms with Crippen LogP contribution in [-0.4, -0.2) is 20.2 Å². The lowest BCUT2D eigenvalue weighted by molar-refractivity contribution is 0.0600. The Morgan fingerprint density at radius 3 is 2.65 bits per heavy atom. The van der Waals surface area contributed by atoms with Gasteiger partial charge in [0, 0.05) is 9.79 Å². The normalized spacial score (nSPS) is 11.9. The minimum absolute atomic E-state index is 0.333. The molecule has 0 aromatic heterocycles. The largest absolute Gasteiger partial charge is 0.497 e. The highest BCUT2D eigenvalue weighted by atomic mass is 32.2. The lowest BCUT2D eigenvalue weighted by Crippen LogP contribution is -2.05. The molecule has 1 heterocycles. The van der Waals surface area contributed by atoms with E-state index in [4.69, 9.17) is 9.47 Å². The highest BCUT2D eigenvalue weighted by Gasteiger charge is 2.18. The van der Waals surface area contributed by atoms with Gasteiger partial charge in [-0.15, -0.1) is 0 Å². The summed E-state index contributed by atoms with van der Waals surface area (Å²) in [7, 11) is 3.03. The van der Waals surface area contributed by atoms with Crippen LogP contribution in [0.2, 0.25) is 0 Å². The Labute approximate surface area is 121 Å². The summed E-state index contributed by atoms with van der Waals surface area (Å²) in [5.74, 6) is 0.493. The molecule has 0 spiro atoms. The lowest BCUT2D eigenvalue weighted by atomic mass is 10.2. The summed E-state index contributed by atoms with van der Waals surface area (Å²) in [6.45, 7) is 0. The minimum atomic E-state index is -0.333. The first-order valence-corrected chi connectivity index (χ1v) is 6.88. The van der Waals surface area contributed by atoms with Crippen LogP contribution in [0.5, 0.6) is 5.75 Å². The summed E-state index contributed by atoms with van der Waals surface area (Å²) in [5, 5.41) is 3.33. The number of methoxy groups -OCH3 is 2. The third kappa shape index (κ3) is 2.20. The van der Waals surface area contributed by atoms with Crippen LogP contribution in [0, 0.1) is 0 Å². The zero-order chi connectivity index (χ0) is 14.1. The number of carbonyl (C=O) groups excluding carboxylic acids is 1. The van der Waals surface area contributed by atoms with E-state index < -0.39 is 0 Å². The first kappa shape index (κ1) is 12.9. The van der Waals surface area contributed by atoms with Crippen molar-refractivity contribution in [2.45, 2.75) is 9.79 Å². The highest BCUT2D eigenvalue weighted by Crippen LogP contribution is 2.45. The Hall–Kier alpha value is -2.14. The van der Waals surface area contributed by atoms with Crippen LogP contribution in [0.25, 0.3) is 0 Å². The van der Waals surface area contributed by atoms with Crippen LogP contribution in [-0.2, 0) is 4.74 Å². The van der Waals surface area contributed by atoms with Crippen molar-refractivity contribution in [1.29, 1.82) is 0 Å². The van der Waals surface area contributed by atoms with Gasteiger partial charge < -0.3 is 14.8 Å². The minimum Gasteiger partial charge on any atom is -0.497 e. The fourth-order valence-corrected chi connectivity index (χ4v) is 3.04. The van der Waals surface area contributed by atoms with Gasteiger partial charge in [-0.3, -0.25) is 0 Å². The average Bonchev–Trinajstić information content (AvgIpc) is 2.50. The van der Waals surface area contributed by atoms with Gasteiger partial charge in [-0.1, -0.05) is 11.8 Å². The summed E-state index contributed by atoms with van der Waals surface area (Å²) in [4.78, 5) is 13.7. The molecule has 1 aliphatic heterocycles. The number of hydrogen-bond donors (Lipinski definition) is 1. The first-order chi connectivity index (χ1) is 9.71. The molecule has 102 valence electrons. The van der Waals surface area contributed by atoms with E-state index in [1.807, 2.05) is 24.3 Å². The number of ether oxygens (including phenoxy) is 2. The Morgan fingerprint density at radius 2 is 1.90 bits per heavy atom. The van der Waals surface area contributed by atoms with Crippen LogP contribution in [0.1, 0.15) is 10.4 Å². The molecule has 0 fully saturated rings. The predicted molar refractivity (Wildman–Crippen MR) is 78.2 cm³/mol. The van der Waals surface area contributed by atoms with Crippen molar-refractivity contribution in [3.63, 3.8) is 0 Å². The van der Waals surface area contributed by atoms with E-state index in [2.05, 4.69) is 5.32 Å².